The molecule has 0 radical (unpaired) electrons. The molecule has 0 aliphatic rings. The van der Waals surface area contributed by atoms with Gasteiger partial charge in [-0.3, -0.25) is 0 Å². The predicted molar refractivity (Wildman–Crippen MR) is 57.7 cm³/mol. The highest BCUT2D eigenvalue weighted by Crippen LogP contribution is 1.99. The molecule has 0 amide bonds. The number of hydrogen-bond acceptors (Lipinski definition) is 3. The highest BCUT2D eigenvalue weighted by Gasteiger charge is 2.04. The van der Waals surface area contributed by atoms with Crippen LogP contribution in [0.25, 0.3) is 0 Å². The molecule has 0 aromatic carbocycles. The van der Waals surface area contributed by atoms with Gasteiger partial charge in [0.25, 0.3) is 0 Å². The molecule has 4 nitrogen and oxygen atoms in total. The molecule has 0 aliphatic carbocycles. The molecule has 0 fully saturated rings. The maximum Gasteiger partial charge on any atom is 0.354 e. The van der Waals surface area contributed by atoms with Crippen molar-refractivity contribution in [1.82, 2.24) is 10.3 Å². The highest BCUT2D eigenvalue weighted by molar-refractivity contribution is 5.85. The molecule has 4 heteroatoms. The predicted octanol–water partition coefficient (Wildman–Crippen LogP) is 1.45. The van der Waals surface area contributed by atoms with Crippen molar-refractivity contribution in [2.45, 2.75) is 13.0 Å². The topological polar surface area (TPSA) is 62.2 Å². The second-order valence-electron chi connectivity index (χ2n) is 3.07. The molecule has 0 aliphatic heterocycles. The van der Waals surface area contributed by atoms with E-state index in [4.69, 9.17) is 5.11 Å². The third kappa shape index (κ3) is 3.91. The monoisotopic (exact) mass is 206 g/mol. The number of aromatic nitrogens is 1. The minimum Gasteiger partial charge on any atom is -0.477 e. The molecule has 0 saturated carbocycles. The number of hydrogen-bond donors (Lipinski definition) is 2. The van der Waals surface area contributed by atoms with Crippen molar-refractivity contribution in [2.24, 2.45) is 0 Å². The lowest BCUT2D eigenvalue weighted by Crippen LogP contribution is -2.15. The zero-order valence-corrected chi connectivity index (χ0v) is 8.44. The summed E-state index contributed by atoms with van der Waals surface area (Å²) in [7, 11) is 0. The summed E-state index contributed by atoms with van der Waals surface area (Å²) in [6, 6.07) is 4.98. The van der Waals surface area contributed by atoms with Gasteiger partial charge in [0.15, 0.2) is 0 Å². The maximum atomic E-state index is 10.6. The summed E-state index contributed by atoms with van der Waals surface area (Å²) in [4.78, 5) is 14.6. The van der Waals surface area contributed by atoms with Crippen LogP contribution in [0.1, 0.15) is 22.6 Å². The summed E-state index contributed by atoms with van der Waals surface area (Å²) in [5.74, 6) is -0.997. The number of pyridine rings is 1. The Kier molecular flexibility index (Phi) is 4.50. The van der Waals surface area contributed by atoms with Crippen molar-refractivity contribution in [1.29, 1.82) is 0 Å². The van der Waals surface area contributed by atoms with Gasteiger partial charge in [-0.2, -0.15) is 0 Å². The molecule has 0 bridgehead atoms. The molecule has 1 aromatic rings. The molecule has 1 rings (SSSR count). The average Bonchev–Trinajstić information content (AvgIpc) is 2.25. The molecule has 15 heavy (non-hydrogen) atoms. The van der Waals surface area contributed by atoms with Crippen LogP contribution in [0.15, 0.2) is 30.9 Å². The molecule has 1 aromatic heterocycles. The van der Waals surface area contributed by atoms with Gasteiger partial charge in [0.05, 0.1) is 5.69 Å². The first-order valence-corrected chi connectivity index (χ1v) is 4.75. The summed E-state index contributed by atoms with van der Waals surface area (Å²) in [5.41, 5.74) is 0.817. The Balaban J connectivity index is 2.50. The second-order valence-corrected chi connectivity index (χ2v) is 3.07. The number of carbonyl (C=O) groups is 1. The van der Waals surface area contributed by atoms with Crippen LogP contribution in [0.3, 0.4) is 0 Å². The fraction of sp³-hybridized carbons (Fsp3) is 0.273. The van der Waals surface area contributed by atoms with Crippen molar-refractivity contribution in [3.63, 3.8) is 0 Å². The van der Waals surface area contributed by atoms with Gasteiger partial charge < -0.3 is 10.4 Å². The van der Waals surface area contributed by atoms with Crippen LogP contribution in [0.4, 0.5) is 0 Å². The fourth-order valence-electron chi connectivity index (χ4n) is 1.12. The Morgan fingerprint density at radius 2 is 2.40 bits per heavy atom. The number of nitrogens with zero attached hydrogens (tertiary/aromatic N) is 1. The number of carboxylic acids is 1. The van der Waals surface area contributed by atoms with E-state index in [-0.39, 0.29) is 5.69 Å². The van der Waals surface area contributed by atoms with E-state index < -0.39 is 5.97 Å². The quantitative estimate of drug-likeness (QED) is 0.546. The smallest absolute Gasteiger partial charge is 0.354 e. The Morgan fingerprint density at radius 1 is 1.60 bits per heavy atom. The molecule has 0 atom stereocenters. The summed E-state index contributed by atoms with van der Waals surface area (Å²) < 4.78 is 0. The lowest BCUT2D eigenvalue weighted by Gasteiger charge is -2.03. The summed E-state index contributed by atoms with van der Waals surface area (Å²) in [6.07, 6.45) is 2.72. The third-order valence-electron chi connectivity index (χ3n) is 1.86. The number of nitrogens with one attached hydrogen (secondary N) is 1. The van der Waals surface area contributed by atoms with Gasteiger partial charge in [0, 0.05) is 6.54 Å². The number of carboxylic acid groups (broad SMARTS) is 1. The lowest BCUT2D eigenvalue weighted by atomic mass is 10.3. The zero-order valence-electron chi connectivity index (χ0n) is 8.44. The van der Waals surface area contributed by atoms with Crippen molar-refractivity contribution in [2.75, 3.05) is 6.54 Å². The average molecular weight is 206 g/mol. The van der Waals surface area contributed by atoms with Gasteiger partial charge in [0.1, 0.15) is 5.69 Å². The van der Waals surface area contributed by atoms with E-state index in [0.717, 1.165) is 18.7 Å². The van der Waals surface area contributed by atoms with E-state index in [0.29, 0.717) is 6.54 Å². The maximum absolute atomic E-state index is 10.6. The Morgan fingerprint density at radius 3 is 3.07 bits per heavy atom. The van der Waals surface area contributed by atoms with Crippen molar-refractivity contribution in [3.05, 3.63) is 42.2 Å². The minimum absolute atomic E-state index is 0.0815. The molecule has 1 heterocycles. The summed E-state index contributed by atoms with van der Waals surface area (Å²) >= 11 is 0. The number of aromatic carboxylic acids is 1. The lowest BCUT2D eigenvalue weighted by molar-refractivity contribution is 0.0690. The fourth-order valence-corrected chi connectivity index (χ4v) is 1.12. The van der Waals surface area contributed by atoms with Crippen LogP contribution in [0.5, 0.6) is 0 Å². The Hall–Kier alpha value is -1.68. The molecule has 0 unspecified atom stereocenters. The van der Waals surface area contributed by atoms with Gasteiger partial charge in [0.2, 0.25) is 0 Å². The first kappa shape index (κ1) is 11.4. The molecular formula is C11H14N2O2. The van der Waals surface area contributed by atoms with E-state index in [2.05, 4.69) is 16.9 Å². The van der Waals surface area contributed by atoms with Crippen LogP contribution in [0, 0.1) is 0 Å². The van der Waals surface area contributed by atoms with E-state index in [9.17, 15) is 4.79 Å². The summed E-state index contributed by atoms with van der Waals surface area (Å²) in [6.45, 7) is 5.01. The second kappa shape index (κ2) is 5.93. The van der Waals surface area contributed by atoms with Crippen LogP contribution in [-0.4, -0.2) is 22.6 Å². The minimum atomic E-state index is -0.997. The molecule has 0 spiro atoms. The van der Waals surface area contributed by atoms with Gasteiger partial charge in [-0.15, -0.1) is 6.58 Å². The molecule has 80 valence electrons. The van der Waals surface area contributed by atoms with E-state index in [1.54, 1.807) is 12.1 Å². The molecule has 2 N–H and O–H groups in total. The van der Waals surface area contributed by atoms with Gasteiger partial charge in [-0.05, 0) is 25.1 Å². The first-order valence-electron chi connectivity index (χ1n) is 4.75. The van der Waals surface area contributed by atoms with Gasteiger partial charge >= 0.3 is 5.97 Å². The van der Waals surface area contributed by atoms with Crippen molar-refractivity contribution < 1.29 is 9.90 Å². The van der Waals surface area contributed by atoms with Crippen molar-refractivity contribution in [3.8, 4) is 0 Å². The van der Waals surface area contributed by atoms with Gasteiger partial charge in [-0.25, -0.2) is 9.78 Å². The molecule has 0 saturated heterocycles. The molecular weight excluding hydrogens is 192 g/mol. The van der Waals surface area contributed by atoms with Crippen LogP contribution in [-0.2, 0) is 6.54 Å². The zero-order chi connectivity index (χ0) is 11.1. The SMILES string of the molecule is C=CCCNCc1cccc(C(=O)O)n1. The third-order valence-corrected chi connectivity index (χ3v) is 1.86. The summed E-state index contributed by atoms with van der Waals surface area (Å²) in [5, 5.41) is 11.9. The van der Waals surface area contributed by atoms with Crippen LogP contribution in [0.2, 0.25) is 0 Å². The normalized spacial score (nSPS) is 9.87. The first-order chi connectivity index (χ1) is 7.24. The van der Waals surface area contributed by atoms with E-state index in [1.807, 2.05) is 6.08 Å². The standard InChI is InChI=1S/C11H14N2O2/c1-2-3-7-12-8-9-5-4-6-10(13-9)11(14)15/h2,4-6,12H,1,3,7-8H2,(H,14,15). The van der Waals surface area contributed by atoms with E-state index >= 15 is 0 Å². The Bertz CT molecular complexity index is 350. The van der Waals surface area contributed by atoms with Crippen molar-refractivity contribution >= 4 is 5.97 Å². The van der Waals surface area contributed by atoms with E-state index in [1.165, 1.54) is 6.07 Å². The largest absolute Gasteiger partial charge is 0.477 e. The highest BCUT2D eigenvalue weighted by atomic mass is 16.4. The Labute approximate surface area is 88.7 Å². The number of rotatable bonds is 6. The van der Waals surface area contributed by atoms with Crippen LogP contribution < -0.4 is 5.32 Å². The van der Waals surface area contributed by atoms with Gasteiger partial charge in [-0.1, -0.05) is 12.1 Å². The van der Waals surface area contributed by atoms with Crippen LogP contribution >= 0.6 is 0 Å².